The number of ether oxygens (including phenoxy) is 2. The van der Waals surface area contributed by atoms with Crippen molar-refractivity contribution < 1.29 is 64.8 Å². The van der Waals surface area contributed by atoms with E-state index in [0.717, 1.165) is 26.2 Å². The molecular formula is C21H29F6N3O8. The number of amides is 1. The van der Waals surface area contributed by atoms with Gasteiger partial charge < -0.3 is 29.0 Å². The van der Waals surface area contributed by atoms with Gasteiger partial charge in [-0.15, -0.1) is 0 Å². The lowest BCUT2D eigenvalue weighted by molar-refractivity contribution is -0.193. The van der Waals surface area contributed by atoms with Crippen molar-refractivity contribution in [1.29, 1.82) is 0 Å². The van der Waals surface area contributed by atoms with Crippen molar-refractivity contribution in [2.24, 2.45) is 0 Å². The van der Waals surface area contributed by atoms with Crippen molar-refractivity contribution in [1.82, 2.24) is 14.7 Å². The highest BCUT2D eigenvalue weighted by atomic mass is 19.4. The molecule has 3 heterocycles. The standard InChI is InChI=1S/C17H27N3O4.2C2HF3O2/c1-18(2)16(21)10-20-4-7-23-14-17(13-20)12-19(5-8-24-17)9-15-3-6-22-11-15;2*3-2(4,5)1(6)7/h3,6,11H,4-5,7-10,12-14H2,1-2H3;2*(H,6,7). The average Bonchev–Trinajstić information content (AvgIpc) is 3.22. The summed E-state index contributed by atoms with van der Waals surface area (Å²) in [6, 6.07) is 1.99. The second kappa shape index (κ2) is 14.3. The highest BCUT2D eigenvalue weighted by molar-refractivity contribution is 5.77. The molecule has 3 rings (SSSR count). The minimum Gasteiger partial charge on any atom is -0.475 e. The van der Waals surface area contributed by atoms with E-state index in [1.807, 2.05) is 6.07 Å². The largest absolute Gasteiger partial charge is 0.490 e. The van der Waals surface area contributed by atoms with Crippen molar-refractivity contribution in [2.45, 2.75) is 24.5 Å². The molecule has 2 aliphatic heterocycles. The minimum atomic E-state index is -5.08. The summed E-state index contributed by atoms with van der Waals surface area (Å²) in [5, 5.41) is 14.2. The number of halogens is 6. The summed E-state index contributed by atoms with van der Waals surface area (Å²) in [5.74, 6) is -5.40. The number of alkyl halides is 6. The van der Waals surface area contributed by atoms with Gasteiger partial charge in [-0.1, -0.05) is 0 Å². The van der Waals surface area contributed by atoms with E-state index in [1.165, 1.54) is 5.56 Å². The van der Waals surface area contributed by atoms with Crippen LogP contribution >= 0.6 is 0 Å². The number of carbonyl (C=O) groups is 3. The molecule has 2 aliphatic rings. The lowest BCUT2D eigenvalue weighted by Crippen LogP contribution is -2.59. The Morgan fingerprint density at radius 2 is 1.50 bits per heavy atom. The number of aliphatic carboxylic acids is 2. The van der Waals surface area contributed by atoms with Crippen LogP contribution in [0.5, 0.6) is 0 Å². The second-order valence-corrected chi connectivity index (χ2v) is 8.53. The number of hydrogen-bond donors (Lipinski definition) is 2. The smallest absolute Gasteiger partial charge is 0.475 e. The fraction of sp³-hybridized carbons (Fsp3) is 0.667. The van der Waals surface area contributed by atoms with Gasteiger partial charge in [0.05, 0.1) is 38.9 Å². The van der Waals surface area contributed by atoms with E-state index in [4.69, 9.17) is 33.7 Å². The predicted molar refractivity (Wildman–Crippen MR) is 116 cm³/mol. The van der Waals surface area contributed by atoms with Crippen molar-refractivity contribution in [3.8, 4) is 0 Å². The van der Waals surface area contributed by atoms with Crippen molar-refractivity contribution >= 4 is 17.8 Å². The van der Waals surface area contributed by atoms with Gasteiger partial charge in [-0.25, -0.2) is 9.59 Å². The van der Waals surface area contributed by atoms with E-state index in [2.05, 4.69) is 9.80 Å². The van der Waals surface area contributed by atoms with E-state index in [9.17, 15) is 31.1 Å². The number of carboxylic acids is 2. The molecule has 0 aromatic carbocycles. The maximum Gasteiger partial charge on any atom is 0.490 e. The monoisotopic (exact) mass is 565 g/mol. The number of morpholine rings is 1. The van der Waals surface area contributed by atoms with Crippen LogP contribution in [0.3, 0.4) is 0 Å². The molecule has 1 aromatic rings. The van der Waals surface area contributed by atoms with E-state index < -0.39 is 24.3 Å². The molecule has 2 N–H and O–H groups in total. The first-order valence-corrected chi connectivity index (χ1v) is 10.9. The maximum atomic E-state index is 12.1. The molecule has 1 aromatic heterocycles. The van der Waals surface area contributed by atoms with Crippen LogP contribution in [0.25, 0.3) is 0 Å². The molecule has 38 heavy (non-hydrogen) atoms. The number of carbonyl (C=O) groups excluding carboxylic acids is 1. The third-order valence-corrected chi connectivity index (χ3v) is 5.09. The minimum absolute atomic E-state index is 0.109. The molecule has 1 atom stereocenters. The quantitative estimate of drug-likeness (QED) is 0.518. The van der Waals surface area contributed by atoms with Crippen LogP contribution in [0.1, 0.15) is 5.56 Å². The number of carboxylic acid groups (broad SMARTS) is 2. The van der Waals surface area contributed by atoms with Crippen molar-refractivity contribution in [2.75, 3.05) is 66.6 Å². The molecule has 1 amide bonds. The van der Waals surface area contributed by atoms with Crippen LogP contribution in [0.15, 0.2) is 23.0 Å². The summed E-state index contributed by atoms with van der Waals surface area (Å²) < 4.78 is 80.6. The number of rotatable bonds is 4. The molecule has 0 saturated carbocycles. The predicted octanol–water partition coefficient (Wildman–Crippen LogP) is 1.54. The lowest BCUT2D eigenvalue weighted by atomic mass is 10.0. The molecular weight excluding hydrogens is 536 g/mol. The number of nitrogens with zero attached hydrogens (tertiary/aromatic N) is 3. The molecule has 218 valence electrons. The average molecular weight is 565 g/mol. The van der Waals surface area contributed by atoms with E-state index in [1.54, 1.807) is 31.5 Å². The van der Waals surface area contributed by atoms with Gasteiger partial charge in [0, 0.05) is 52.4 Å². The summed E-state index contributed by atoms with van der Waals surface area (Å²) in [6.07, 6.45) is -6.68. The summed E-state index contributed by atoms with van der Waals surface area (Å²) in [5.41, 5.74) is 0.798. The van der Waals surface area contributed by atoms with Crippen LogP contribution in [-0.4, -0.2) is 127 Å². The van der Waals surface area contributed by atoms with Gasteiger partial charge >= 0.3 is 24.3 Å². The molecule has 0 radical (unpaired) electrons. The van der Waals surface area contributed by atoms with E-state index in [-0.39, 0.29) is 11.5 Å². The highest BCUT2D eigenvalue weighted by Gasteiger charge is 2.41. The van der Waals surface area contributed by atoms with Crippen LogP contribution < -0.4 is 0 Å². The Bertz CT molecular complexity index is 871. The van der Waals surface area contributed by atoms with Gasteiger partial charge in [0.1, 0.15) is 5.60 Å². The Hall–Kier alpha value is -2.89. The molecule has 1 unspecified atom stereocenters. The first-order valence-electron chi connectivity index (χ1n) is 10.9. The lowest BCUT2D eigenvalue weighted by Gasteiger charge is -2.43. The van der Waals surface area contributed by atoms with Crippen LogP contribution in [0.2, 0.25) is 0 Å². The first kappa shape index (κ1) is 33.1. The Morgan fingerprint density at radius 1 is 0.974 bits per heavy atom. The van der Waals surface area contributed by atoms with Crippen LogP contribution in [0, 0.1) is 0 Å². The van der Waals surface area contributed by atoms with Crippen molar-refractivity contribution in [3.05, 3.63) is 24.2 Å². The SMILES string of the molecule is CN(C)C(=O)CN1CCOCC2(C1)CN(Cc1ccoc1)CCO2.O=C(O)C(F)(F)F.O=C(O)C(F)(F)F. The molecule has 0 aliphatic carbocycles. The summed E-state index contributed by atoms with van der Waals surface area (Å²) >= 11 is 0. The number of furan rings is 1. The summed E-state index contributed by atoms with van der Waals surface area (Å²) in [7, 11) is 3.58. The fourth-order valence-electron chi connectivity index (χ4n) is 3.33. The van der Waals surface area contributed by atoms with Crippen LogP contribution in [-0.2, 0) is 30.4 Å². The molecule has 17 heteroatoms. The number of hydrogen-bond acceptors (Lipinski definition) is 8. The first-order chi connectivity index (χ1) is 17.4. The molecule has 2 saturated heterocycles. The number of likely N-dealkylation sites (N-methyl/N-ethyl adjacent to an activating group) is 1. The molecule has 1 spiro atoms. The van der Waals surface area contributed by atoms with Gasteiger partial charge in [-0.3, -0.25) is 14.6 Å². The zero-order valence-corrected chi connectivity index (χ0v) is 20.5. The highest BCUT2D eigenvalue weighted by Crippen LogP contribution is 2.24. The third kappa shape index (κ3) is 12.1. The zero-order valence-electron chi connectivity index (χ0n) is 20.5. The fourth-order valence-corrected chi connectivity index (χ4v) is 3.33. The normalized spacial score (nSPS) is 20.8. The van der Waals surface area contributed by atoms with Gasteiger partial charge in [0.15, 0.2) is 0 Å². The third-order valence-electron chi connectivity index (χ3n) is 5.09. The van der Waals surface area contributed by atoms with E-state index in [0.29, 0.717) is 32.9 Å². The Balaban J connectivity index is 0.000000426. The van der Waals surface area contributed by atoms with Gasteiger partial charge in [-0.2, -0.15) is 26.3 Å². The van der Waals surface area contributed by atoms with Crippen LogP contribution in [0.4, 0.5) is 26.3 Å². The topological polar surface area (TPSA) is 133 Å². The Kier molecular flexibility index (Phi) is 12.5. The zero-order chi connectivity index (χ0) is 29.1. The van der Waals surface area contributed by atoms with Gasteiger partial charge in [-0.05, 0) is 6.07 Å². The molecule has 0 bridgehead atoms. The maximum absolute atomic E-state index is 12.1. The Morgan fingerprint density at radius 3 is 1.97 bits per heavy atom. The second-order valence-electron chi connectivity index (χ2n) is 8.53. The van der Waals surface area contributed by atoms with Gasteiger partial charge in [0.2, 0.25) is 5.91 Å². The molecule has 2 fully saturated rings. The summed E-state index contributed by atoms with van der Waals surface area (Å²) in [6.45, 7) is 6.29. The van der Waals surface area contributed by atoms with Gasteiger partial charge in [0.25, 0.3) is 0 Å². The van der Waals surface area contributed by atoms with Crippen molar-refractivity contribution in [3.63, 3.8) is 0 Å². The Labute approximate surface area is 213 Å². The molecule has 11 nitrogen and oxygen atoms in total. The van der Waals surface area contributed by atoms with E-state index >= 15 is 0 Å². The summed E-state index contributed by atoms with van der Waals surface area (Å²) in [4.78, 5) is 36.0.